The van der Waals surface area contributed by atoms with Crippen LogP contribution in [0, 0.1) is 0 Å². The maximum Gasteiger partial charge on any atom is 0.235 e. The number of rotatable bonds is 6. The highest BCUT2D eigenvalue weighted by Gasteiger charge is 2.18. The number of aromatic nitrogens is 4. The summed E-state index contributed by atoms with van der Waals surface area (Å²) in [6, 6.07) is 23.2. The molecule has 0 aliphatic heterocycles. The molecule has 0 saturated heterocycles. The Morgan fingerprint density at radius 3 is 1.97 bits per heavy atom. The van der Waals surface area contributed by atoms with Crippen LogP contribution in [0.1, 0.15) is 13.8 Å². The summed E-state index contributed by atoms with van der Waals surface area (Å²) >= 11 is 0. The zero-order valence-corrected chi connectivity index (χ0v) is 17.4. The molecule has 1 heterocycles. The zero-order chi connectivity index (χ0) is 21.1. The first-order chi connectivity index (χ1) is 14.5. The van der Waals surface area contributed by atoms with Crippen molar-refractivity contribution in [1.29, 1.82) is 0 Å². The van der Waals surface area contributed by atoms with Gasteiger partial charge in [-0.25, -0.2) is 8.42 Å². The topological polar surface area (TPSA) is 101 Å². The van der Waals surface area contributed by atoms with Crippen molar-refractivity contribution in [2.75, 3.05) is 4.72 Å². The highest BCUT2D eigenvalue weighted by molar-refractivity contribution is 7.93. The molecule has 0 aliphatic rings. The van der Waals surface area contributed by atoms with Crippen molar-refractivity contribution in [3.63, 3.8) is 0 Å². The lowest BCUT2D eigenvalue weighted by Gasteiger charge is -2.15. The van der Waals surface area contributed by atoms with Crippen LogP contribution in [0.25, 0.3) is 33.6 Å². The number of sulfonamides is 1. The number of tetrazole rings is 1. The van der Waals surface area contributed by atoms with Gasteiger partial charge in [-0.3, -0.25) is 4.72 Å². The fraction of sp³-hybridized carbons (Fsp3) is 0.136. The van der Waals surface area contributed by atoms with Crippen LogP contribution in [0.15, 0.2) is 72.8 Å². The molecule has 0 saturated carbocycles. The molecule has 1 aromatic heterocycles. The maximum atomic E-state index is 12.3. The van der Waals surface area contributed by atoms with E-state index in [0.717, 1.165) is 27.8 Å². The van der Waals surface area contributed by atoms with Crippen molar-refractivity contribution < 1.29 is 8.42 Å². The predicted octanol–water partition coefficient (Wildman–Crippen LogP) is 4.35. The molecule has 0 atom stereocenters. The summed E-state index contributed by atoms with van der Waals surface area (Å²) in [6.07, 6.45) is 0. The van der Waals surface area contributed by atoms with Crippen LogP contribution in [0.3, 0.4) is 0 Å². The lowest BCUT2D eigenvalue weighted by molar-refractivity contribution is 0.593. The summed E-state index contributed by atoms with van der Waals surface area (Å²) in [4.78, 5) is 0. The van der Waals surface area contributed by atoms with Gasteiger partial charge in [-0.15, -0.1) is 10.2 Å². The largest absolute Gasteiger partial charge is 0.283 e. The van der Waals surface area contributed by atoms with Crippen LogP contribution in [0.2, 0.25) is 0 Å². The molecule has 4 rings (SSSR count). The van der Waals surface area contributed by atoms with E-state index in [0.29, 0.717) is 11.5 Å². The molecule has 3 aromatic carbocycles. The van der Waals surface area contributed by atoms with Crippen molar-refractivity contribution in [3.05, 3.63) is 72.8 Å². The molecule has 0 bridgehead atoms. The summed E-state index contributed by atoms with van der Waals surface area (Å²) < 4.78 is 27.4. The number of para-hydroxylation sites is 1. The third-order valence-electron chi connectivity index (χ3n) is 4.82. The van der Waals surface area contributed by atoms with Crippen molar-refractivity contribution in [1.82, 2.24) is 20.6 Å². The smallest absolute Gasteiger partial charge is 0.235 e. The predicted molar refractivity (Wildman–Crippen MR) is 118 cm³/mol. The summed E-state index contributed by atoms with van der Waals surface area (Å²) in [5, 5.41) is 13.8. The molecule has 0 fully saturated rings. The van der Waals surface area contributed by atoms with Crippen LogP contribution in [-0.4, -0.2) is 34.3 Å². The zero-order valence-electron chi connectivity index (χ0n) is 16.6. The molecule has 152 valence electrons. The number of H-pyrrole nitrogens is 1. The van der Waals surface area contributed by atoms with E-state index in [4.69, 9.17) is 0 Å². The van der Waals surface area contributed by atoms with Crippen LogP contribution in [-0.2, 0) is 10.0 Å². The number of nitrogens with zero attached hydrogens (tertiary/aromatic N) is 3. The van der Waals surface area contributed by atoms with Gasteiger partial charge in [0.15, 0.2) is 0 Å². The minimum absolute atomic E-state index is 0.519. The third-order valence-corrected chi connectivity index (χ3v) is 6.57. The SMILES string of the molecule is CC(C)S(=O)(=O)Nc1ccccc1-c1ccc(-c2ccccc2-c2nn[nH]n2)cc1. The first-order valence-corrected chi connectivity index (χ1v) is 11.0. The molecule has 0 aliphatic carbocycles. The molecule has 4 aromatic rings. The van der Waals surface area contributed by atoms with Crippen LogP contribution in [0.5, 0.6) is 0 Å². The summed E-state index contributed by atoms with van der Waals surface area (Å²) in [5.74, 6) is 0.531. The normalized spacial score (nSPS) is 11.6. The Kier molecular flexibility index (Phi) is 5.33. The molecule has 8 heteroatoms. The number of aromatic amines is 1. The van der Waals surface area contributed by atoms with E-state index in [9.17, 15) is 8.42 Å². The van der Waals surface area contributed by atoms with Gasteiger partial charge < -0.3 is 0 Å². The highest BCUT2D eigenvalue weighted by atomic mass is 32.2. The Labute approximate surface area is 175 Å². The quantitative estimate of drug-likeness (QED) is 0.484. The van der Waals surface area contributed by atoms with Gasteiger partial charge in [0, 0.05) is 11.1 Å². The van der Waals surface area contributed by atoms with Crippen LogP contribution in [0.4, 0.5) is 5.69 Å². The number of anilines is 1. The second kappa shape index (κ2) is 8.08. The maximum absolute atomic E-state index is 12.3. The lowest BCUT2D eigenvalue weighted by atomic mass is 9.96. The summed E-state index contributed by atoms with van der Waals surface area (Å²) in [7, 11) is -3.44. The molecular weight excluding hydrogens is 398 g/mol. The Morgan fingerprint density at radius 1 is 0.800 bits per heavy atom. The van der Waals surface area contributed by atoms with Crippen LogP contribution < -0.4 is 4.72 Å². The van der Waals surface area contributed by atoms with Crippen molar-refractivity contribution in [2.24, 2.45) is 0 Å². The van der Waals surface area contributed by atoms with E-state index < -0.39 is 15.3 Å². The van der Waals surface area contributed by atoms with Gasteiger partial charge in [-0.1, -0.05) is 66.7 Å². The van der Waals surface area contributed by atoms with Crippen LogP contribution >= 0.6 is 0 Å². The summed E-state index contributed by atoms with van der Waals surface area (Å²) in [6.45, 7) is 3.31. The number of hydrogen-bond acceptors (Lipinski definition) is 5. The molecule has 0 radical (unpaired) electrons. The van der Waals surface area contributed by atoms with Gasteiger partial charge in [-0.2, -0.15) is 5.21 Å². The number of nitrogens with one attached hydrogen (secondary N) is 2. The summed E-state index contributed by atoms with van der Waals surface area (Å²) in [5.41, 5.74) is 5.16. The van der Waals surface area contributed by atoms with Gasteiger partial charge in [0.2, 0.25) is 15.8 Å². The molecule has 2 N–H and O–H groups in total. The highest BCUT2D eigenvalue weighted by Crippen LogP contribution is 2.33. The molecule has 7 nitrogen and oxygen atoms in total. The van der Waals surface area contributed by atoms with Gasteiger partial charge >= 0.3 is 0 Å². The number of hydrogen-bond donors (Lipinski definition) is 2. The Bertz CT molecular complexity index is 1250. The fourth-order valence-electron chi connectivity index (χ4n) is 3.13. The molecule has 0 unspecified atom stereocenters. The van der Waals surface area contributed by atoms with E-state index >= 15 is 0 Å². The third kappa shape index (κ3) is 3.95. The van der Waals surface area contributed by atoms with Gasteiger partial charge in [0.25, 0.3) is 0 Å². The van der Waals surface area contributed by atoms with Gasteiger partial charge in [0.1, 0.15) is 0 Å². The van der Waals surface area contributed by atoms with Gasteiger partial charge in [-0.05, 0) is 41.8 Å². The molecule has 30 heavy (non-hydrogen) atoms. The Hall–Kier alpha value is -3.52. The second-order valence-corrected chi connectivity index (χ2v) is 9.34. The van der Waals surface area contributed by atoms with Crippen molar-refractivity contribution >= 4 is 15.7 Å². The standard InChI is InChI=1S/C22H21N5O2S/c1-15(2)30(28,29)25-21-10-6-5-8-19(21)17-13-11-16(12-14-17)18-7-3-4-9-20(18)22-23-26-27-24-22/h3-15,25H,1-2H3,(H,23,24,26,27). The lowest BCUT2D eigenvalue weighted by Crippen LogP contribution is -2.22. The minimum atomic E-state index is -3.44. The number of benzene rings is 3. The van der Waals surface area contributed by atoms with E-state index in [2.05, 4.69) is 25.3 Å². The van der Waals surface area contributed by atoms with E-state index in [-0.39, 0.29) is 0 Å². The van der Waals surface area contributed by atoms with E-state index in [1.807, 2.05) is 66.7 Å². The monoisotopic (exact) mass is 419 g/mol. The minimum Gasteiger partial charge on any atom is -0.283 e. The van der Waals surface area contributed by atoms with E-state index in [1.54, 1.807) is 19.9 Å². The average molecular weight is 420 g/mol. The average Bonchev–Trinajstić information content (AvgIpc) is 3.29. The molecule has 0 spiro atoms. The Balaban J connectivity index is 1.70. The van der Waals surface area contributed by atoms with Gasteiger partial charge in [0.05, 0.1) is 10.9 Å². The van der Waals surface area contributed by atoms with Crippen molar-refractivity contribution in [2.45, 2.75) is 19.1 Å². The first kappa shape index (κ1) is 19.8. The molecular formula is C22H21N5O2S. The Morgan fingerprint density at radius 2 is 1.37 bits per heavy atom. The van der Waals surface area contributed by atoms with Crippen molar-refractivity contribution in [3.8, 4) is 33.6 Å². The second-order valence-electron chi connectivity index (χ2n) is 7.10. The van der Waals surface area contributed by atoms with E-state index in [1.165, 1.54) is 0 Å². The molecule has 0 amide bonds. The first-order valence-electron chi connectivity index (χ1n) is 9.50. The fourth-order valence-corrected chi connectivity index (χ4v) is 3.85.